The average Bonchev–Trinajstić information content (AvgIpc) is 3.20. The van der Waals surface area contributed by atoms with Gasteiger partial charge in [0.05, 0.1) is 18.8 Å². The molecule has 0 aliphatic heterocycles. The molecule has 28 heavy (non-hydrogen) atoms. The fourth-order valence-corrected chi connectivity index (χ4v) is 5.21. The highest BCUT2D eigenvalue weighted by atomic mass is 16.5. The molecule has 3 aliphatic carbocycles. The van der Waals surface area contributed by atoms with Gasteiger partial charge in [0.2, 0.25) is 0 Å². The smallest absolute Gasteiger partial charge is 0.306 e. The van der Waals surface area contributed by atoms with Gasteiger partial charge in [-0.3, -0.25) is 4.79 Å². The molecule has 0 aromatic heterocycles. The van der Waals surface area contributed by atoms with Crippen molar-refractivity contribution in [2.24, 2.45) is 23.7 Å². The van der Waals surface area contributed by atoms with Crippen LogP contribution in [0.4, 0.5) is 0 Å². The molecule has 3 rings (SSSR count). The maximum absolute atomic E-state index is 11.4. The minimum absolute atomic E-state index is 0.130. The highest BCUT2D eigenvalue weighted by Crippen LogP contribution is 2.47. The average molecular weight is 389 g/mol. The van der Waals surface area contributed by atoms with Crippen molar-refractivity contribution in [1.82, 2.24) is 0 Å². The van der Waals surface area contributed by atoms with E-state index in [9.17, 15) is 15.0 Å². The number of carbonyl (C=O) groups is 1. The molecule has 0 amide bonds. The summed E-state index contributed by atoms with van der Waals surface area (Å²) in [6.07, 6.45) is 18.7. The van der Waals surface area contributed by atoms with E-state index in [1.165, 1.54) is 24.8 Å². The van der Waals surface area contributed by atoms with E-state index in [-0.39, 0.29) is 24.1 Å². The predicted octanol–water partition coefficient (Wildman–Crippen LogP) is 4.33. The third-order valence-corrected chi connectivity index (χ3v) is 6.72. The Bertz CT molecular complexity index is 600. The van der Waals surface area contributed by atoms with Crippen LogP contribution in [0.25, 0.3) is 0 Å². The van der Waals surface area contributed by atoms with Crippen molar-refractivity contribution in [3.8, 4) is 0 Å². The summed E-state index contributed by atoms with van der Waals surface area (Å²) in [5.41, 5.74) is 1.30. The Morgan fingerprint density at radius 3 is 2.86 bits per heavy atom. The first-order valence-electron chi connectivity index (χ1n) is 11.2. The monoisotopic (exact) mass is 388 g/mol. The van der Waals surface area contributed by atoms with E-state index in [0.29, 0.717) is 37.2 Å². The Morgan fingerprint density at radius 2 is 2.11 bits per heavy atom. The van der Waals surface area contributed by atoms with Crippen LogP contribution in [-0.2, 0) is 9.53 Å². The molecule has 4 nitrogen and oxygen atoms in total. The van der Waals surface area contributed by atoms with Crippen LogP contribution in [0.15, 0.2) is 36.0 Å². The van der Waals surface area contributed by atoms with Gasteiger partial charge in [-0.05, 0) is 56.8 Å². The predicted molar refractivity (Wildman–Crippen MR) is 111 cm³/mol. The second kappa shape index (κ2) is 10.4. The zero-order valence-electron chi connectivity index (χ0n) is 17.1. The Labute approximate surface area is 169 Å². The molecule has 0 bridgehead atoms. The van der Waals surface area contributed by atoms with E-state index in [1.54, 1.807) is 0 Å². The third kappa shape index (κ3) is 5.57. The van der Waals surface area contributed by atoms with Crippen molar-refractivity contribution in [3.05, 3.63) is 36.0 Å². The molecule has 0 spiro atoms. The molecular weight excluding hydrogens is 352 g/mol. The van der Waals surface area contributed by atoms with Crippen LogP contribution in [0.2, 0.25) is 0 Å². The molecule has 0 unspecified atom stereocenters. The number of ether oxygens (including phenoxy) is 1. The normalized spacial score (nSPS) is 32.0. The zero-order chi connectivity index (χ0) is 19.9. The van der Waals surface area contributed by atoms with E-state index in [0.717, 1.165) is 25.7 Å². The lowest BCUT2D eigenvalue weighted by Crippen LogP contribution is -2.22. The van der Waals surface area contributed by atoms with Crippen molar-refractivity contribution in [3.63, 3.8) is 0 Å². The number of aliphatic hydroxyl groups excluding tert-OH is 2. The van der Waals surface area contributed by atoms with Gasteiger partial charge in [-0.15, -0.1) is 0 Å². The molecule has 4 heteroatoms. The number of allylic oxidation sites excluding steroid dienone is 4. The SMILES string of the molecule is CCOC(=O)CCC=CC1=C[C@H]2C[C@@H](O)[C@@H](/C=C\[C@@H](O)C3CCCCC3)[C@H]2C1. The first kappa shape index (κ1) is 21.3. The number of carbonyl (C=O) groups excluding carboxylic acids is 1. The molecule has 2 saturated carbocycles. The standard InChI is InChI=1S/C24H36O4/c1-2-28-24(27)11-7-6-8-17-14-19-16-23(26)20(21(19)15-17)12-13-22(25)18-9-4-3-5-10-18/h6,8,12-14,18-23,25-26H,2-5,7,9-11,15-16H2,1H3/b8-6?,13-12-/t19-,20-,21-,22+,23+/m0/s1. The molecule has 0 heterocycles. The summed E-state index contributed by atoms with van der Waals surface area (Å²) >= 11 is 0. The van der Waals surface area contributed by atoms with Crippen molar-refractivity contribution in [2.75, 3.05) is 6.61 Å². The van der Waals surface area contributed by atoms with Gasteiger partial charge in [0.15, 0.2) is 0 Å². The highest BCUT2D eigenvalue weighted by molar-refractivity contribution is 5.69. The summed E-state index contributed by atoms with van der Waals surface area (Å²) in [5, 5.41) is 21.0. The van der Waals surface area contributed by atoms with Gasteiger partial charge in [-0.2, -0.15) is 0 Å². The molecule has 0 saturated heterocycles. The van der Waals surface area contributed by atoms with Gasteiger partial charge >= 0.3 is 5.97 Å². The Kier molecular flexibility index (Phi) is 7.92. The van der Waals surface area contributed by atoms with Gasteiger partial charge in [-0.1, -0.05) is 55.2 Å². The van der Waals surface area contributed by atoms with E-state index in [1.807, 2.05) is 13.0 Å². The molecule has 0 aromatic rings. The number of aliphatic hydroxyl groups is 2. The molecule has 2 fully saturated rings. The summed E-state index contributed by atoms with van der Waals surface area (Å²) in [6, 6.07) is 0. The number of rotatable bonds is 8. The Morgan fingerprint density at radius 1 is 1.32 bits per heavy atom. The molecule has 0 aromatic carbocycles. The zero-order valence-corrected chi connectivity index (χ0v) is 17.1. The lowest BCUT2D eigenvalue weighted by Gasteiger charge is -2.25. The highest BCUT2D eigenvalue weighted by Gasteiger charge is 2.43. The second-order valence-corrected chi connectivity index (χ2v) is 8.67. The van der Waals surface area contributed by atoms with Gasteiger partial charge < -0.3 is 14.9 Å². The number of esters is 1. The lowest BCUT2D eigenvalue weighted by molar-refractivity contribution is -0.143. The fourth-order valence-electron chi connectivity index (χ4n) is 5.21. The second-order valence-electron chi connectivity index (χ2n) is 8.67. The van der Waals surface area contributed by atoms with Gasteiger partial charge in [0, 0.05) is 12.3 Å². The quantitative estimate of drug-likeness (QED) is 0.480. The first-order chi connectivity index (χ1) is 13.6. The van der Waals surface area contributed by atoms with Crippen LogP contribution in [0.3, 0.4) is 0 Å². The topological polar surface area (TPSA) is 66.8 Å². The minimum atomic E-state index is -0.372. The molecular formula is C24H36O4. The van der Waals surface area contributed by atoms with Crippen molar-refractivity contribution in [1.29, 1.82) is 0 Å². The van der Waals surface area contributed by atoms with Crippen LogP contribution < -0.4 is 0 Å². The fraction of sp³-hybridized carbons (Fsp3) is 0.708. The van der Waals surface area contributed by atoms with Crippen molar-refractivity contribution in [2.45, 2.75) is 76.9 Å². The van der Waals surface area contributed by atoms with Crippen LogP contribution in [0, 0.1) is 23.7 Å². The number of hydrogen-bond acceptors (Lipinski definition) is 4. The summed E-state index contributed by atoms with van der Waals surface area (Å²) in [5.74, 6) is 1.22. The Hall–Kier alpha value is -1.39. The van der Waals surface area contributed by atoms with Gasteiger partial charge in [0.1, 0.15) is 0 Å². The summed E-state index contributed by atoms with van der Waals surface area (Å²) in [4.78, 5) is 11.4. The maximum Gasteiger partial charge on any atom is 0.306 e. The largest absolute Gasteiger partial charge is 0.466 e. The van der Waals surface area contributed by atoms with E-state index >= 15 is 0 Å². The molecule has 5 atom stereocenters. The minimum Gasteiger partial charge on any atom is -0.466 e. The molecule has 3 aliphatic rings. The first-order valence-corrected chi connectivity index (χ1v) is 11.2. The van der Waals surface area contributed by atoms with Crippen molar-refractivity contribution >= 4 is 5.97 Å². The van der Waals surface area contributed by atoms with E-state index < -0.39 is 0 Å². The van der Waals surface area contributed by atoms with E-state index in [2.05, 4.69) is 24.3 Å². The Balaban J connectivity index is 1.49. The van der Waals surface area contributed by atoms with Gasteiger partial charge in [0.25, 0.3) is 0 Å². The van der Waals surface area contributed by atoms with Crippen molar-refractivity contribution < 1.29 is 19.7 Å². The summed E-state index contributed by atoms with van der Waals surface area (Å²) in [7, 11) is 0. The molecule has 0 radical (unpaired) electrons. The van der Waals surface area contributed by atoms with Crippen LogP contribution in [-0.4, -0.2) is 35.0 Å². The third-order valence-electron chi connectivity index (χ3n) is 6.72. The molecule has 2 N–H and O–H groups in total. The van der Waals surface area contributed by atoms with Crippen LogP contribution in [0.5, 0.6) is 0 Å². The maximum atomic E-state index is 11.4. The summed E-state index contributed by atoms with van der Waals surface area (Å²) in [6.45, 7) is 2.26. The summed E-state index contributed by atoms with van der Waals surface area (Å²) < 4.78 is 4.95. The van der Waals surface area contributed by atoms with Crippen LogP contribution >= 0.6 is 0 Å². The number of fused-ring (bicyclic) bond motifs is 1. The number of hydrogen-bond donors (Lipinski definition) is 2. The molecule has 156 valence electrons. The van der Waals surface area contributed by atoms with Crippen LogP contribution in [0.1, 0.15) is 64.7 Å². The lowest BCUT2D eigenvalue weighted by atomic mass is 9.84. The van der Waals surface area contributed by atoms with Gasteiger partial charge in [-0.25, -0.2) is 0 Å². The van der Waals surface area contributed by atoms with E-state index in [4.69, 9.17) is 4.74 Å².